The molecule has 4 aromatic carbocycles. The van der Waals surface area contributed by atoms with Crippen molar-refractivity contribution in [2.24, 2.45) is 0 Å². The largest absolute Gasteiger partial charge is 0.508 e. The fourth-order valence-electron chi connectivity index (χ4n) is 4.70. The number of hydrogen-bond donors (Lipinski definition) is 4. The van der Waals surface area contributed by atoms with E-state index in [0.717, 1.165) is 17.5 Å². The van der Waals surface area contributed by atoms with Crippen molar-refractivity contribution in [3.63, 3.8) is 0 Å². The quantitative estimate of drug-likeness (QED) is 0.0880. The first-order chi connectivity index (χ1) is 19.9. The molecule has 0 saturated heterocycles. The van der Waals surface area contributed by atoms with Crippen LogP contribution in [0.2, 0.25) is 0 Å². The number of allylic oxidation sites excluding steroid dienone is 2. The van der Waals surface area contributed by atoms with Crippen LogP contribution in [-0.4, -0.2) is 39.4 Å². The van der Waals surface area contributed by atoms with Crippen LogP contribution >= 0.6 is 0 Å². The lowest BCUT2D eigenvalue weighted by atomic mass is 9.86. The summed E-state index contributed by atoms with van der Waals surface area (Å²) < 4.78 is 5.35. The summed E-state index contributed by atoms with van der Waals surface area (Å²) in [6.45, 7) is 0. The van der Waals surface area contributed by atoms with Crippen molar-refractivity contribution in [3.8, 4) is 23.0 Å². The van der Waals surface area contributed by atoms with Crippen LogP contribution in [0.1, 0.15) is 51.4 Å². The van der Waals surface area contributed by atoms with Crippen molar-refractivity contribution in [1.29, 1.82) is 0 Å². The summed E-state index contributed by atoms with van der Waals surface area (Å²) >= 11 is 0. The highest BCUT2D eigenvalue weighted by molar-refractivity contribution is 6.11. The summed E-state index contributed by atoms with van der Waals surface area (Å²) in [6, 6.07) is 26.9. The fraction of sp³-hybridized carbons (Fsp3) is 0.171. The van der Waals surface area contributed by atoms with Gasteiger partial charge in [-0.3, -0.25) is 4.79 Å². The van der Waals surface area contributed by atoms with E-state index in [-0.39, 0.29) is 28.4 Å². The Balaban J connectivity index is 1.66. The Hall–Kier alpha value is -4.81. The molecule has 0 spiro atoms. The molecule has 4 N–H and O–H groups in total. The Kier molecular flexibility index (Phi) is 9.97. The predicted octanol–water partition coefficient (Wildman–Crippen LogP) is 6.78. The molecule has 210 valence electrons. The van der Waals surface area contributed by atoms with Gasteiger partial charge in [0.25, 0.3) is 0 Å². The normalized spacial score (nSPS) is 12.9. The van der Waals surface area contributed by atoms with Crippen molar-refractivity contribution >= 4 is 11.9 Å². The standard InChI is InChI=1S/C35H34O6/c1-41-32-23-31(39)33(35(40)34(32)30(38)22-16-25-11-6-3-7-12-25)29(26-17-20-28(37)21-18-26)14-8-13-27(36)19-15-24-9-4-2-5-10-24/h2-12,14,16-18,20-23,27,29,36-37,39-40H,13,15,19H2,1H3/b14-8+,22-16+/t27-,29-/m1/s1. The van der Waals surface area contributed by atoms with E-state index in [2.05, 4.69) is 0 Å². The monoisotopic (exact) mass is 550 g/mol. The Morgan fingerprint density at radius 2 is 1.56 bits per heavy atom. The first kappa shape index (κ1) is 29.2. The van der Waals surface area contributed by atoms with E-state index >= 15 is 0 Å². The van der Waals surface area contributed by atoms with Crippen LogP contribution in [0, 0.1) is 0 Å². The van der Waals surface area contributed by atoms with Crippen molar-refractivity contribution < 1.29 is 30.0 Å². The molecule has 6 heteroatoms. The first-order valence-corrected chi connectivity index (χ1v) is 13.4. The van der Waals surface area contributed by atoms with E-state index in [0.29, 0.717) is 18.4 Å². The van der Waals surface area contributed by atoms with Crippen LogP contribution in [0.4, 0.5) is 0 Å². The van der Waals surface area contributed by atoms with Gasteiger partial charge in [-0.15, -0.1) is 0 Å². The number of ketones is 1. The molecule has 4 rings (SSSR count). The minimum Gasteiger partial charge on any atom is -0.508 e. The Labute approximate surface area is 240 Å². The van der Waals surface area contributed by atoms with Crippen molar-refractivity contribution in [1.82, 2.24) is 0 Å². The molecule has 0 aliphatic heterocycles. The van der Waals surface area contributed by atoms with E-state index < -0.39 is 23.6 Å². The summed E-state index contributed by atoms with van der Waals surface area (Å²) in [5, 5.41) is 42.9. The van der Waals surface area contributed by atoms with Gasteiger partial charge in [0.2, 0.25) is 0 Å². The topological polar surface area (TPSA) is 107 Å². The van der Waals surface area contributed by atoms with E-state index in [1.807, 2.05) is 60.7 Å². The molecule has 0 bridgehead atoms. The predicted molar refractivity (Wildman–Crippen MR) is 161 cm³/mol. The number of phenols is 3. The third-order valence-electron chi connectivity index (χ3n) is 6.88. The number of aromatic hydroxyl groups is 3. The molecule has 0 amide bonds. The summed E-state index contributed by atoms with van der Waals surface area (Å²) in [6.07, 6.45) is 7.63. The highest BCUT2D eigenvalue weighted by Gasteiger charge is 2.27. The van der Waals surface area contributed by atoms with Crippen LogP contribution in [-0.2, 0) is 6.42 Å². The highest BCUT2D eigenvalue weighted by Crippen LogP contribution is 2.45. The number of ether oxygens (including phenoxy) is 1. The van der Waals surface area contributed by atoms with Crippen molar-refractivity contribution in [3.05, 3.63) is 137 Å². The van der Waals surface area contributed by atoms with Crippen LogP contribution in [0.25, 0.3) is 6.08 Å². The van der Waals surface area contributed by atoms with Gasteiger partial charge in [-0.25, -0.2) is 0 Å². The summed E-state index contributed by atoms with van der Waals surface area (Å²) in [7, 11) is 1.36. The van der Waals surface area contributed by atoms with Crippen LogP contribution < -0.4 is 4.74 Å². The van der Waals surface area contributed by atoms with E-state index in [1.165, 1.54) is 31.4 Å². The molecule has 0 heterocycles. The molecular weight excluding hydrogens is 516 g/mol. The average molecular weight is 551 g/mol. The van der Waals surface area contributed by atoms with Gasteiger partial charge in [0, 0.05) is 17.5 Å². The van der Waals surface area contributed by atoms with Crippen molar-refractivity contribution in [2.75, 3.05) is 7.11 Å². The summed E-state index contributed by atoms with van der Waals surface area (Å²) in [5.74, 6) is -1.73. The Morgan fingerprint density at radius 1 is 0.902 bits per heavy atom. The van der Waals surface area contributed by atoms with E-state index in [9.17, 15) is 25.2 Å². The molecule has 0 fully saturated rings. The van der Waals surface area contributed by atoms with Crippen LogP contribution in [0.5, 0.6) is 23.0 Å². The maximum absolute atomic E-state index is 13.3. The number of methoxy groups -OCH3 is 1. The first-order valence-electron chi connectivity index (χ1n) is 13.4. The van der Waals surface area contributed by atoms with Gasteiger partial charge in [-0.1, -0.05) is 91.0 Å². The fourth-order valence-corrected chi connectivity index (χ4v) is 4.70. The third kappa shape index (κ3) is 7.65. The lowest BCUT2D eigenvalue weighted by molar-refractivity contribution is 0.104. The molecule has 0 aliphatic rings. The lowest BCUT2D eigenvalue weighted by Crippen LogP contribution is -2.08. The van der Waals surface area contributed by atoms with Gasteiger partial charge in [0.1, 0.15) is 28.6 Å². The average Bonchev–Trinajstić information content (AvgIpc) is 2.99. The Bertz CT molecular complexity index is 1490. The smallest absolute Gasteiger partial charge is 0.193 e. The molecule has 0 unspecified atom stereocenters. The number of hydrogen-bond acceptors (Lipinski definition) is 6. The second kappa shape index (κ2) is 14.0. The molecule has 0 radical (unpaired) electrons. The second-order valence-electron chi connectivity index (χ2n) is 9.75. The highest BCUT2D eigenvalue weighted by atomic mass is 16.5. The van der Waals surface area contributed by atoms with E-state index in [4.69, 9.17) is 4.74 Å². The number of aryl methyl sites for hydroxylation is 1. The Morgan fingerprint density at radius 3 is 2.22 bits per heavy atom. The van der Waals surface area contributed by atoms with Gasteiger partial charge in [0.05, 0.1) is 13.2 Å². The molecular formula is C35H34O6. The zero-order chi connectivity index (χ0) is 29.2. The molecule has 2 atom stereocenters. The maximum Gasteiger partial charge on any atom is 0.193 e. The molecule has 41 heavy (non-hydrogen) atoms. The maximum atomic E-state index is 13.3. The van der Waals surface area contributed by atoms with E-state index in [1.54, 1.807) is 30.4 Å². The SMILES string of the molecule is COc1cc(O)c([C@H](/C=C/C[C@@H](O)CCc2ccccc2)c2ccc(O)cc2)c(O)c1C(=O)/C=C/c1ccccc1. The molecule has 0 aromatic heterocycles. The number of aliphatic hydroxyl groups excluding tert-OH is 1. The lowest BCUT2D eigenvalue weighted by Gasteiger charge is -2.20. The third-order valence-corrected chi connectivity index (χ3v) is 6.88. The number of rotatable bonds is 12. The van der Waals surface area contributed by atoms with Crippen molar-refractivity contribution in [2.45, 2.75) is 31.3 Å². The number of aliphatic hydroxyl groups is 1. The number of carbonyl (C=O) groups is 1. The summed E-state index contributed by atoms with van der Waals surface area (Å²) in [5.41, 5.74) is 2.65. The minimum absolute atomic E-state index is 0.0382. The van der Waals surface area contributed by atoms with Crippen LogP contribution in [0.3, 0.4) is 0 Å². The molecule has 0 aliphatic carbocycles. The minimum atomic E-state index is -0.688. The van der Waals surface area contributed by atoms with Gasteiger partial charge >= 0.3 is 0 Å². The van der Waals surface area contributed by atoms with Gasteiger partial charge < -0.3 is 25.2 Å². The van der Waals surface area contributed by atoms with Crippen LogP contribution in [0.15, 0.2) is 109 Å². The van der Waals surface area contributed by atoms with Gasteiger partial charge in [-0.2, -0.15) is 0 Å². The molecule has 0 saturated carbocycles. The molecule has 6 nitrogen and oxygen atoms in total. The zero-order valence-electron chi connectivity index (χ0n) is 22.9. The number of carbonyl (C=O) groups excluding carboxylic acids is 1. The molecule has 4 aromatic rings. The number of phenolic OH excluding ortho intramolecular Hbond substituents is 3. The zero-order valence-corrected chi connectivity index (χ0v) is 22.9. The second-order valence-corrected chi connectivity index (χ2v) is 9.75. The van der Waals surface area contributed by atoms with Gasteiger partial charge in [-0.05, 0) is 54.2 Å². The number of benzene rings is 4. The summed E-state index contributed by atoms with van der Waals surface area (Å²) in [4.78, 5) is 13.3. The van der Waals surface area contributed by atoms with Gasteiger partial charge in [0.15, 0.2) is 5.78 Å².